The van der Waals surface area contributed by atoms with E-state index in [9.17, 15) is 9.46 Å². The topological polar surface area (TPSA) is 46.5 Å². The van der Waals surface area contributed by atoms with Crippen LogP contribution in [0.4, 0.5) is 0 Å². The van der Waals surface area contributed by atoms with Crippen LogP contribution in [0, 0.1) is 0 Å². The second-order valence-electron chi connectivity index (χ2n) is 7.14. The van der Waals surface area contributed by atoms with E-state index in [1.165, 1.54) is 77.0 Å². The van der Waals surface area contributed by atoms with Crippen LogP contribution < -0.4 is 0 Å². The van der Waals surface area contributed by atoms with Gasteiger partial charge in [0.2, 0.25) is 0 Å². The molecule has 3 nitrogen and oxygen atoms in total. The smallest absolute Gasteiger partial charge is 0.324 e. The minimum atomic E-state index is -3.33. The minimum absolute atomic E-state index is 0. The molecule has 25 heavy (non-hydrogen) atoms. The maximum absolute atomic E-state index is 11.9. The van der Waals surface area contributed by atoms with Crippen LogP contribution in [-0.2, 0) is 25.6 Å². The van der Waals surface area contributed by atoms with E-state index < -0.39 is 7.60 Å². The summed E-state index contributed by atoms with van der Waals surface area (Å²) in [5.41, 5.74) is 0. The minimum Gasteiger partial charge on any atom is -0.324 e. The number of hydrogen-bond acceptors (Lipinski definition) is 2. The van der Waals surface area contributed by atoms with Gasteiger partial charge in [0.15, 0.2) is 0 Å². The molecule has 5 heteroatoms. The molecule has 1 atom stereocenters. The molecule has 0 aromatic heterocycles. The maximum Gasteiger partial charge on any atom is 0.328 e. The maximum atomic E-state index is 11.9. The fourth-order valence-corrected chi connectivity index (χ4v) is 4.12. The van der Waals surface area contributed by atoms with Crippen LogP contribution in [0.5, 0.6) is 0 Å². The second kappa shape index (κ2) is 20.9. The number of unbranched alkanes of at least 4 members (excludes halogenated alkanes) is 14. The van der Waals surface area contributed by atoms with Crippen LogP contribution in [0.2, 0.25) is 0 Å². The first-order valence-electron chi connectivity index (χ1n) is 10.6. The van der Waals surface area contributed by atoms with Gasteiger partial charge >= 0.3 is 7.60 Å². The Morgan fingerprint density at radius 2 is 1.00 bits per heavy atom. The van der Waals surface area contributed by atoms with E-state index in [1.807, 2.05) is 0 Å². The second-order valence-corrected chi connectivity index (χ2v) is 9.12. The molecule has 1 unspecified atom stereocenters. The molecular formula is C20H43NiO3P. The zero-order chi connectivity index (χ0) is 17.9. The standard InChI is InChI=1S/C20H43O3P.Ni/c1-3-5-7-9-11-13-15-17-19-23-24(21,22)20-18-16-14-12-10-8-6-4-2;/h3-20H2,1-2H3,(H,21,22);. The van der Waals surface area contributed by atoms with Crippen molar-refractivity contribution >= 4 is 7.60 Å². The zero-order valence-corrected chi connectivity index (χ0v) is 18.6. The molecular weight excluding hydrogens is 378 g/mol. The van der Waals surface area contributed by atoms with Gasteiger partial charge in [-0.05, 0) is 12.8 Å². The third-order valence-corrected chi connectivity index (χ3v) is 6.05. The van der Waals surface area contributed by atoms with E-state index in [1.54, 1.807) is 0 Å². The molecule has 0 bridgehead atoms. The molecule has 0 aliphatic heterocycles. The molecule has 0 amide bonds. The predicted molar refractivity (Wildman–Crippen MR) is 106 cm³/mol. The van der Waals surface area contributed by atoms with Crippen LogP contribution in [0.3, 0.4) is 0 Å². The molecule has 0 saturated carbocycles. The Labute approximate surface area is 167 Å². The van der Waals surface area contributed by atoms with E-state index in [2.05, 4.69) is 13.8 Å². The number of rotatable bonds is 19. The van der Waals surface area contributed by atoms with Crippen molar-refractivity contribution in [3.05, 3.63) is 0 Å². The zero-order valence-electron chi connectivity index (χ0n) is 16.8. The van der Waals surface area contributed by atoms with Gasteiger partial charge in [-0.25, -0.2) is 0 Å². The summed E-state index contributed by atoms with van der Waals surface area (Å²) < 4.78 is 17.2. The summed E-state index contributed by atoms with van der Waals surface area (Å²) in [6.45, 7) is 4.91. The molecule has 0 radical (unpaired) electrons. The molecule has 0 rings (SSSR count). The normalized spacial score (nSPS) is 13.4. The van der Waals surface area contributed by atoms with Crippen LogP contribution >= 0.6 is 7.60 Å². The molecule has 0 aromatic rings. The Morgan fingerprint density at radius 3 is 1.44 bits per heavy atom. The Morgan fingerprint density at radius 1 is 0.640 bits per heavy atom. The van der Waals surface area contributed by atoms with Crippen molar-refractivity contribution in [2.24, 2.45) is 0 Å². The molecule has 0 fully saturated rings. The fraction of sp³-hybridized carbons (Fsp3) is 1.00. The average Bonchev–Trinajstić information content (AvgIpc) is 2.55. The third-order valence-electron chi connectivity index (χ3n) is 4.59. The molecule has 1 N–H and O–H groups in total. The first-order valence-corrected chi connectivity index (χ1v) is 12.3. The molecule has 0 saturated heterocycles. The quantitative estimate of drug-likeness (QED) is 0.134. The van der Waals surface area contributed by atoms with Gasteiger partial charge in [-0.15, -0.1) is 0 Å². The summed E-state index contributed by atoms with van der Waals surface area (Å²) in [6, 6.07) is 0. The van der Waals surface area contributed by atoms with Gasteiger partial charge < -0.3 is 9.42 Å². The third kappa shape index (κ3) is 22.6. The van der Waals surface area contributed by atoms with Crippen LogP contribution in [0.1, 0.15) is 117 Å². The predicted octanol–water partition coefficient (Wildman–Crippen LogP) is 7.47. The summed E-state index contributed by atoms with van der Waals surface area (Å²) in [5.74, 6) is 0. The van der Waals surface area contributed by atoms with E-state index in [0.717, 1.165) is 25.7 Å². The van der Waals surface area contributed by atoms with Crippen molar-refractivity contribution < 1.29 is 30.5 Å². The number of hydrogen-bond donors (Lipinski definition) is 1. The van der Waals surface area contributed by atoms with E-state index in [4.69, 9.17) is 4.52 Å². The van der Waals surface area contributed by atoms with Crippen molar-refractivity contribution in [3.63, 3.8) is 0 Å². The van der Waals surface area contributed by atoms with E-state index in [0.29, 0.717) is 12.8 Å². The molecule has 0 aromatic carbocycles. The Balaban J connectivity index is 0. The summed E-state index contributed by atoms with van der Waals surface area (Å²) >= 11 is 0. The molecule has 0 spiro atoms. The van der Waals surface area contributed by atoms with E-state index in [-0.39, 0.29) is 16.5 Å². The largest absolute Gasteiger partial charge is 0.328 e. The Kier molecular flexibility index (Phi) is 23.3. The van der Waals surface area contributed by atoms with Crippen molar-refractivity contribution in [1.82, 2.24) is 0 Å². The van der Waals surface area contributed by atoms with Gasteiger partial charge in [-0.3, -0.25) is 4.57 Å². The van der Waals surface area contributed by atoms with Crippen molar-refractivity contribution in [1.29, 1.82) is 0 Å². The summed E-state index contributed by atoms with van der Waals surface area (Å²) in [4.78, 5) is 9.82. The molecule has 0 aliphatic rings. The van der Waals surface area contributed by atoms with Crippen LogP contribution in [-0.4, -0.2) is 17.7 Å². The molecule has 156 valence electrons. The van der Waals surface area contributed by atoms with E-state index >= 15 is 0 Å². The van der Waals surface area contributed by atoms with Gasteiger partial charge in [-0.1, -0.05) is 104 Å². The molecule has 0 aliphatic carbocycles. The fourth-order valence-electron chi connectivity index (χ4n) is 2.95. The first kappa shape index (κ1) is 27.9. The van der Waals surface area contributed by atoms with Crippen LogP contribution in [0.15, 0.2) is 0 Å². The molecule has 0 heterocycles. The van der Waals surface area contributed by atoms with Crippen molar-refractivity contribution in [3.8, 4) is 0 Å². The van der Waals surface area contributed by atoms with Gasteiger partial charge in [-0.2, -0.15) is 0 Å². The van der Waals surface area contributed by atoms with Gasteiger partial charge in [0, 0.05) is 22.7 Å². The average molecular weight is 421 g/mol. The summed E-state index contributed by atoms with van der Waals surface area (Å²) in [7, 11) is -3.33. The van der Waals surface area contributed by atoms with Gasteiger partial charge in [0.25, 0.3) is 0 Å². The summed E-state index contributed by atoms with van der Waals surface area (Å²) in [5, 5.41) is 0. The van der Waals surface area contributed by atoms with Crippen molar-refractivity contribution in [2.45, 2.75) is 117 Å². The van der Waals surface area contributed by atoms with Crippen molar-refractivity contribution in [2.75, 3.05) is 12.8 Å². The Hall–Kier alpha value is 0.644. The van der Waals surface area contributed by atoms with Gasteiger partial charge in [0.05, 0.1) is 6.61 Å². The summed E-state index contributed by atoms with van der Waals surface area (Å²) in [6.07, 6.45) is 19.7. The van der Waals surface area contributed by atoms with Crippen LogP contribution in [0.25, 0.3) is 0 Å². The first-order chi connectivity index (χ1) is 11.6. The monoisotopic (exact) mass is 420 g/mol. The Bertz CT molecular complexity index is 301. The van der Waals surface area contributed by atoms with Gasteiger partial charge in [0.1, 0.15) is 0 Å². The SMILES string of the molecule is CCCCCCCCCCOP(=O)(O)CCCCCCCCCC.[Ni].